The highest BCUT2D eigenvalue weighted by Crippen LogP contribution is 2.27. The van der Waals surface area contributed by atoms with Gasteiger partial charge in [-0.05, 0) is 47.2 Å². The number of carbonyl (C=O) groups is 1. The highest BCUT2D eigenvalue weighted by molar-refractivity contribution is 14.1. The fourth-order valence-corrected chi connectivity index (χ4v) is 2.32. The van der Waals surface area contributed by atoms with Crippen molar-refractivity contribution < 1.29 is 4.79 Å². The molecule has 1 amide bonds. The lowest BCUT2D eigenvalue weighted by molar-refractivity contribution is -0.117. The Kier molecular flexibility index (Phi) is 3.20. The largest absolute Gasteiger partial charge is 0.311 e. The third kappa shape index (κ3) is 2.07. The minimum atomic E-state index is 0.0615. The molecule has 1 heterocycles. The number of anilines is 1. The summed E-state index contributed by atoms with van der Waals surface area (Å²) in [6.07, 6.45) is 5.83. The van der Waals surface area contributed by atoms with Crippen LogP contribution in [0.2, 0.25) is 0 Å². The number of carbonyl (C=O) groups excluding carboxylic acids is 1. The van der Waals surface area contributed by atoms with Crippen molar-refractivity contribution in [2.24, 2.45) is 5.92 Å². The Hall–Kier alpha value is -1.02. The van der Waals surface area contributed by atoms with Gasteiger partial charge in [0.15, 0.2) is 0 Å². The molecule has 1 aliphatic heterocycles. The molecule has 1 unspecified atom stereocenters. The lowest BCUT2D eigenvalue weighted by atomic mass is 10.1. The fourth-order valence-electron chi connectivity index (χ4n) is 1.82. The van der Waals surface area contributed by atoms with Crippen molar-refractivity contribution in [1.29, 1.82) is 0 Å². The van der Waals surface area contributed by atoms with Crippen molar-refractivity contribution in [3.05, 3.63) is 27.3 Å². The number of hydrogen-bond donors (Lipinski definition) is 0. The average Bonchev–Trinajstić information content (AvgIpc) is 2.64. The van der Waals surface area contributed by atoms with Crippen LogP contribution in [-0.4, -0.2) is 12.5 Å². The minimum absolute atomic E-state index is 0.0615. The topological polar surface area (TPSA) is 20.3 Å². The molecule has 1 atom stereocenters. The van der Waals surface area contributed by atoms with Gasteiger partial charge in [0, 0.05) is 28.1 Å². The second kappa shape index (κ2) is 4.46. The van der Waals surface area contributed by atoms with Crippen molar-refractivity contribution in [3.8, 4) is 12.3 Å². The number of benzene rings is 1. The number of nitrogens with zero attached hydrogens (tertiary/aromatic N) is 1. The highest BCUT2D eigenvalue weighted by Gasteiger charge is 2.29. The van der Waals surface area contributed by atoms with Gasteiger partial charge in [0.1, 0.15) is 0 Å². The summed E-state index contributed by atoms with van der Waals surface area (Å²) in [7, 11) is 0. The van der Waals surface area contributed by atoms with E-state index in [0.29, 0.717) is 13.0 Å². The maximum absolute atomic E-state index is 11.8. The third-order valence-electron chi connectivity index (χ3n) is 2.83. The molecule has 0 spiro atoms. The minimum Gasteiger partial charge on any atom is -0.311 e. The van der Waals surface area contributed by atoms with Crippen LogP contribution in [0.5, 0.6) is 0 Å². The Balaban J connectivity index is 2.29. The summed E-state index contributed by atoms with van der Waals surface area (Å²) in [5, 5.41) is 0. The summed E-state index contributed by atoms with van der Waals surface area (Å²) < 4.78 is 1.17. The number of amides is 1. The van der Waals surface area contributed by atoms with Crippen LogP contribution >= 0.6 is 22.6 Å². The first-order chi connectivity index (χ1) is 7.61. The van der Waals surface area contributed by atoms with E-state index in [-0.39, 0.29) is 11.8 Å². The summed E-state index contributed by atoms with van der Waals surface area (Å²) in [4.78, 5) is 13.6. The van der Waals surface area contributed by atoms with Crippen molar-refractivity contribution in [1.82, 2.24) is 0 Å². The molecular formula is C13H12INO. The number of terminal acetylenes is 1. The summed E-state index contributed by atoms with van der Waals surface area (Å²) in [5.74, 6) is 2.84. The molecule has 0 N–H and O–H groups in total. The summed E-state index contributed by atoms with van der Waals surface area (Å²) >= 11 is 2.28. The smallest absolute Gasteiger partial charge is 0.228 e. The monoisotopic (exact) mass is 325 g/mol. The molecule has 1 aromatic rings. The molecule has 16 heavy (non-hydrogen) atoms. The molecule has 1 aromatic carbocycles. The van der Waals surface area contributed by atoms with E-state index in [0.717, 1.165) is 5.69 Å². The van der Waals surface area contributed by atoms with Crippen molar-refractivity contribution in [2.45, 2.75) is 13.3 Å². The van der Waals surface area contributed by atoms with E-state index >= 15 is 0 Å². The zero-order valence-electron chi connectivity index (χ0n) is 9.03. The molecule has 3 heteroatoms. The lowest BCUT2D eigenvalue weighted by Gasteiger charge is -2.16. The second-order valence-electron chi connectivity index (χ2n) is 4.01. The van der Waals surface area contributed by atoms with Crippen molar-refractivity contribution in [2.75, 3.05) is 11.4 Å². The molecule has 0 aliphatic carbocycles. The van der Waals surface area contributed by atoms with E-state index in [1.54, 1.807) is 4.90 Å². The quantitative estimate of drug-likeness (QED) is 0.574. The Bertz CT molecular complexity index is 475. The maximum Gasteiger partial charge on any atom is 0.228 e. The number of hydrogen-bond acceptors (Lipinski definition) is 1. The Labute approximate surface area is 109 Å². The van der Waals surface area contributed by atoms with Crippen molar-refractivity contribution in [3.63, 3.8) is 0 Å². The van der Waals surface area contributed by atoms with Crippen molar-refractivity contribution >= 4 is 34.2 Å². The average molecular weight is 325 g/mol. The van der Waals surface area contributed by atoms with Crippen LogP contribution in [-0.2, 0) is 4.79 Å². The van der Waals surface area contributed by atoms with Gasteiger partial charge in [-0.3, -0.25) is 4.79 Å². The van der Waals surface area contributed by atoms with Crippen LogP contribution < -0.4 is 4.90 Å². The maximum atomic E-state index is 11.8. The van der Waals surface area contributed by atoms with Gasteiger partial charge in [-0.2, -0.15) is 0 Å². The van der Waals surface area contributed by atoms with E-state index < -0.39 is 0 Å². The predicted octanol–water partition coefficient (Wildman–Crippen LogP) is 2.59. The van der Waals surface area contributed by atoms with Crippen LogP contribution in [0.4, 0.5) is 5.69 Å². The molecule has 1 fully saturated rings. The van der Waals surface area contributed by atoms with Gasteiger partial charge >= 0.3 is 0 Å². The Morgan fingerprint density at radius 3 is 2.88 bits per heavy atom. The standard InChI is InChI=1S/C13H12INO/c1-3-10-6-13(16)15(8-10)11-5-4-9(2)12(14)7-11/h1,4-5,7,10H,6,8H2,2H3. The molecule has 2 nitrogen and oxygen atoms in total. The first-order valence-corrected chi connectivity index (χ1v) is 6.22. The van der Waals surface area contributed by atoms with Gasteiger partial charge in [0.05, 0.1) is 0 Å². The van der Waals surface area contributed by atoms with E-state index in [1.165, 1.54) is 9.13 Å². The van der Waals surface area contributed by atoms with Gasteiger partial charge in [-0.25, -0.2) is 0 Å². The van der Waals surface area contributed by atoms with E-state index in [1.807, 2.05) is 18.2 Å². The van der Waals surface area contributed by atoms with E-state index in [9.17, 15) is 4.79 Å². The van der Waals surface area contributed by atoms with Crippen LogP contribution in [0, 0.1) is 28.8 Å². The molecule has 0 aromatic heterocycles. The van der Waals surface area contributed by atoms with E-state index in [4.69, 9.17) is 6.42 Å². The third-order valence-corrected chi connectivity index (χ3v) is 3.99. The van der Waals surface area contributed by atoms with Crippen LogP contribution in [0.25, 0.3) is 0 Å². The number of halogens is 1. The highest BCUT2D eigenvalue weighted by atomic mass is 127. The fraction of sp³-hybridized carbons (Fsp3) is 0.308. The van der Waals surface area contributed by atoms with Gasteiger partial charge < -0.3 is 4.90 Å². The number of rotatable bonds is 1. The lowest BCUT2D eigenvalue weighted by Crippen LogP contribution is -2.24. The van der Waals surface area contributed by atoms with Gasteiger partial charge in [0.2, 0.25) is 5.91 Å². The Morgan fingerprint density at radius 1 is 1.56 bits per heavy atom. The summed E-state index contributed by atoms with van der Waals surface area (Å²) in [6.45, 7) is 2.70. The normalized spacial score (nSPS) is 19.9. The van der Waals surface area contributed by atoms with Gasteiger partial charge in [-0.1, -0.05) is 6.07 Å². The van der Waals surface area contributed by atoms with Gasteiger partial charge in [-0.15, -0.1) is 12.3 Å². The first kappa shape index (κ1) is 11.5. The van der Waals surface area contributed by atoms with Crippen LogP contribution in [0.15, 0.2) is 18.2 Å². The molecule has 1 saturated heterocycles. The molecule has 2 rings (SSSR count). The molecular weight excluding hydrogens is 313 g/mol. The zero-order valence-corrected chi connectivity index (χ0v) is 11.2. The van der Waals surface area contributed by atoms with Gasteiger partial charge in [0.25, 0.3) is 0 Å². The summed E-state index contributed by atoms with van der Waals surface area (Å²) in [5.41, 5.74) is 2.18. The first-order valence-electron chi connectivity index (χ1n) is 5.14. The molecule has 82 valence electrons. The van der Waals surface area contributed by atoms with Crippen LogP contribution in [0.1, 0.15) is 12.0 Å². The molecule has 0 radical (unpaired) electrons. The summed E-state index contributed by atoms with van der Waals surface area (Å²) in [6, 6.07) is 6.05. The SMILES string of the molecule is C#CC1CC(=O)N(c2ccc(C)c(I)c2)C1. The Morgan fingerprint density at radius 2 is 2.31 bits per heavy atom. The second-order valence-corrected chi connectivity index (χ2v) is 5.17. The van der Waals surface area contributed by atoms with E-state index in [2.05, 4.69) is 35.4 Å². The molecule has 1 aliphatic rings. The predicted molar refractivity (Wildman–Crippen MR) is 73.2 cm³/mol. The molecule has 0 saturated carbocycles. The zero-order chi connectivity index (χ0) is 11.7. The van der Waals surface area contributed by atoms with Crippen LogP contribution in [0.3, 0.4) is 0 Å². The molecule has 0 bridgehead atoms. The number of aryl methyl sites for hydroxylation is 1.